The summed E-state index contributed by atoms with van der Waals surface area (Å²) < 4.78 is 30.7. The van der Waals surface area contributed by atoms with Crippen LogP contribution in [0.15, 0.2) is 44.4 Å². The molecule has 4 N–H and O–H groups in total. The molecule has 2 unspecified atom stereocenters. The zero-order valence-corrected chi connectivity index (χ0v) is 22.3. The number of oxime groups is 1. The van der Waals surface area contributed by atoms with Gasteiger partial charge in [-0.3, -0.25) is 14.5 Å². The Labute approximate surface area is 224 Å². The van der Waals surface area contributed by atoms with Gasteiger partial charge in [-0.05, 0) is 29.3 Å². The van der Waals surface area contributed by atoms with E-state index in [1.165, 1.54) is 31.2 Å². The number of tetrazole rings is 1. The first kappa shape index (κ1) is 27.6. The Morgan fingerprint density at radius 1 is 1.47 bits per heavy atom. The van der Waals surface area contributed by atoms with Gasteiger partial charge in [-0.25, -0.2) is 17.9 Å². The molecule has 0 saturated carbocycles. The molecule has 0 aliphatic carbocycles. The molecule has 38 heavy (non-hydrogen) atoms. The van der Waals surface area contributed by atoms with Gasteiger partial charge in [0, 0.05) is 17.5 Å². The maximum Gasteiger partial charge on any atom is 0.352 e. The molecule has 19 heteroatoms. The minimum absolute atomic E-state index is 0.0138. The van der Waals surface area contributed by atoms with Crippen molar-refractivity contribution in [2.24, 2.45) is 5.16 Å². The maximum atomic E-state index is 13.1. The van der Waals surface area contributed by atoms with Crippen LogP contribution in [-0.2, 0) is 29.2 Å². The summed E-state index contributed by atoms with van der Waals surface area (Å²) in [5.41, 5.74) is -0.0326. The molecule has 3 atom stereocenters. The number of aliphatic carboxylic acids is 1. The van der Waals surface area contributed by atoms with Gasteiger partial charge in [0.1, 0.15) is 24.2 Å². The summed E-state index contributed by atoms with van der Waals surface area (Å²) in [6.07, 6.45) is 2.55. The Morgan fingerprint density at radius 3 is 2.87 bits per heavy atom. The molecule has 16 nitrogen and oxygen atoms in total. The second-order valence-electron chi connectivity index (χ2n) is 7.90. The first-order valence-electron chi connectivity index (χ1n) is 10.8. The topological polar surface area (TPSA) is 222 Å². The molecule has 2 aromatic heterocycles. The number of carboxylic acids is 1. The smallest absolute Gasteiger partial charge is 0.352 e. The molecular weight excluding hydrogens is 564 g/mol. The summed E-state index contributed by atoms with van der Waals surface area (Å²) in [6, 6.07) is 2.04. The Hall–Kier alpha value is -3.42. The average molecular weight is 587 g/mol. The summed E-state index contributed by atoms with van der Waals surface area (Å²) >= 11 is 2.35. The van der Waals surface area contributed by atoms with Crippen LogP contribution < -0.4 is 10.0 Å². The standard InChI is InChI=1S/C19H22N8O8S3/c1-34-24-12(10-4-3-7-35-10)15(28)21-13-16(29)27-14(18(30)31)9(8-36-17(13)27)11(5-6-20-38(2,32)33)37-19-22-25-26-23-19/h3-4,7,11,13,17,20H,5-6,8H2,1-2H3,(H,21,28)(H,30,31)(H,22,23,25,26)/t11?,13?,17-/m0/s1. The first-order chi connectivity index (χ1) is 18.1. The van der Waals surface area contributed by atoms with Gasteiger partial charge in [0.2, 0.25) is 20.9 Å². The number of H-pyrrole nitrogens is 1. The number of fused-ring (bicyclic) bond motifs is 1. The van der Waals surface area contributed by atoms with E-state index in [1.807, 2.05) is 0 Å². The third-order valence-corrected chi connectivity index (χ3v) is 8.59. The minimum atomic E-state index is -3.48. The fourth-order valence-corrected chi connectivity index (χ4v) is 6.84. The van der Waals surface area contributed by atoms with E-state index in [1.54, 1.807) is 6.07 Å². The third-order valence-electron chi connectivity index (χ3n) is 5.37. The fourth-order valence-electron chi connectivity index (χ4n) is 3.81. The number of aromatic nitrogens is 4. The second kappa shape index (κ2) is 11.5. The summed E-state index contributed by atoms with van der Waals surface area (Å²) in [6.45, 7) is 0.0138. The zero-order chi connectivity index (χ0) is 27.4. The molecular formula is C19H22N8O8S3. The zero-order valence-electron chi connectivity index (χ0n) is 19.9. The van der Waals surface area contributed by atoms with Gasteiger partial charge >= 0.3 is 5.97 Å². The van der Waals surface area contributed by atoms with Crippen molar-refractivity contribution in [1.29, 1.82) is 0 Å². The number of nitrogens with one attached hydrogen (secondary N) is 3. The fraction of sp³-hybridized carbons (Fsp3) is 0.421. The number of rotatable bonds is 12. The van der Waals surface area contributed by atoms with Crippen LogP contribution in [0.25, 0.3) is 0 Å². The number of sulfonamides is 1. The van der Waals surface area contributed by atoms with Gasteiger partial charge < -0.3 is 19.7 Å². The summed E-state index contributed by atoms with van der Waals surface area (Å²) in [5.74, 6) is -2.38. The number of amides is 2. The summed E-state index contributed by atoms with van der Waals surface area (Å²) in [7, 11) is -2.23. The normalized spacial score (nSPS) is 20.5. The number of hydrogen-bond donors (Lipinski definition) is 4. The molecule has 2 amide bonds. The van der Waals surface area contributed by atoms with Gasteiger partial charge in [-0.1, -0.05) is 16.9 Å². The molecule has 1 saturated heterocycles. The SMILES string of the molecule is CON=C(C(=O)NC1C(=O)N2C(C(=O)O)=C(C(CCNS(C)(=O)=O)Sc3nn[nH]n3)CS[C@@H]12)c1ccco1. The number of carbonyl (C=O) groups excluding carboxylic acids is 2. The molecule has 0 bridgehead atoms. The minimum Gasteiger partial charge on any atom is -0.477 e. The van der Waals surface area contributed by atoms with Gasteiger partial charge in [-0.15, -0.1) is 22.0 Å². The molecule has 204 valence electrons. The van der Waals surface area contributed by atoms with Crippen molar-refractivity contribution < 1.29 is 37.2 Å². The van der Waals surface area contributed by atoms with E-state index in [9.17, 15) is 27.9 Å². The van der Waals surface area contributed by atoms with Crippen LogP contribution >= 0.6 is 23.5 Å². The maximum absolute atomic E-state index is 13.1. The Kier molecular flexibility index (Phi) is 8.38. The van der Waals surface area contributed by atoms with E-state index in [-0.39, 0.29) is 41.0 Å². The number of β-lactam (4-membered cyclic amide) rings is 1. The number of aromatic amines is 1. The van der Waals surface area contributed by atoms with Crippen LogP contribution in [0.2, 0.25) is 0 Å². The van der Waals surface area contributed by atoms with Crippen LogP contribution in [-0.4, -0.2) is 105 Å². The van der Waals surface area contributed by atoms with E-state index in [0.717, 1.165) is 22.9 Å². The third kappa shape index (κ3) is 6.00. The second-order valence-corrected chi connectivity index (χ2v) is 12.0. The molecule has 1 fully saturated rings. The van der Waals surface area contributed by atoms with E-state index in [4.69, 9.17) is 9.25 Å². The van der Waals surface area contributed by atoms with Crippen molar-refractivity contribution in [3.8, 4) is 0 Å². The lowest BCUT2D eigenvalue weighted by atomic mass is 10.00. The monoisotopic (exact) mass is 586 g/mol. The summed E-state index contributed by atoms with van der Waals surface area (Å²) in [4.78, 5) is 44.1. The predicted octanol–water partition coefficient (Wildman–Crippen LogP) is -1.02. The Balaban J connectivity index is 1.56. The molecule has 0 aromatic carbocycles. The molecule has 2 aliphatic rings. The average Bonchev–Trinajstić information content (AvgIpc) is 3.58. The largest absolute Gasteiger partial charge is 0.477 e. The molecule has 0 radical (unpaired) electrons. The van der Waals surface area contributed by atoms with Gasteiger partial charge in [0.05, 0.1) is 12.5 Å². The van der Waals surface area contributed by atoms with Crippen molar-refractivity contribution >= 4 is 57.0 Å². The van der Waals surface area contributed by atoms with Crippen molar-refractivity contribution in [2.75, 3.05) is 25.7 Å². The highest BCUT2D eigenvalue weighted by atomic mass is 32.2. The lowest BCUT2D eigenvalue weighted by Crippen LogP contribution is -2.71. The van der Waals surface area contributed by atoms with Gasteiger partial charge in [-0.2, -0.15) is 5.21 Å². The van der Waals surface area contributed by atoms with E-state index in [0.29, 0.717) is 5.57 Å². The van der Waals surface area contributed by atoms with Crippen LogP contribution in [0, 0.1) is 0 Å². The number of furan rings is 1. The number of nitrogens with zero attached hydrogens (tertiary/aromatic N) is 5. The van der Waals surface area contributed by atoms with E-state index >= 15 is 0 Å². The lowest BCUT2D eigenvalue weighted by molar-refractivity contribution is -0.150. The van der Waals surface area contributed by atoms with Crippen LogP contribution in [0.5, 0.6) is 0 Å². The Morgan fingerprint density at radius 2 is 2.26 bits per heavy atom. The molecule has 4 rings (SSSR count). The van der Waals surface area contributed by atoms with E-state index < -0.39 is 44.5 Å². The number of thioether (sulfide) groups is 2. The highest BCUT2D eigenvalue weighted by molar-refractivity contribution is 8.01. The Bertz CT molecular complexity index is 1360. The first-order valence-corrected chi connectivity index (χ1v) is 14.6. The van der Waals surface area contributed by atoms with Crippen molar-refractivity contribution in [2.45, 2.75) is 28.2 Å². The van der Waals surface area contributed by atoms with Gasteiger partial charge in [0.25, 0.3) is 11.8 Å². The van der Waals surface area contributed by atoms with Crippen LogP contribution in [0.1, 0.15) is 12.2 Å². The number of hydrogen-bond acceptors (Lipinski definition) is 13. The summed E-state index contributed by atoms with van der Waals surface area (Å²) in [5, 5.41) is 28.8. The van der Waals surface area contributed by atoms with Crippen LogP contribution in [0.3, 0.4) is 0 Å². The van der Waals surface area contributed by atoms with Crippen molar-refractivity contribution in [1.82, 2.24) is 35.6 Å². The molecule has 0 spiro atoms. The van der Waals surface area contributed by atoms with Crippen molar-refractivity contribution in [3.63, 3.8) is 0 Å². The lowest BCUT2D eigenvalue weighted by Gasteiger charge is -2.50. The quantitative estimate of drug-likeness (QED) is 0.101. The molecule has 2 aliphatic heterocycles. The number of carbonyl (C=O) groups is 3. The highest BCUT2D eigenvalue weighted by Gasteiger charge is 2.55. The number of carboxylic acid groups (broad SMARTS) is 1. The highest BCUT2D eigenvalue weighted by Crippen LogP contribution is 2.44. The van der Waals surface area contributed by atoms with Crippen LogP contribution in [0.4, 0.5) is 0 Å². The van der Waals surface area contributed by atoms with Crippen molar-refractivity contribution in [3.05, 3.63) is 35.4 Å². The predicted molar refractivity (Wildman–Crippen MR) is 133 cm³/mol. The van der Waals surface area contributed by atoms with Gasteiger partial charge in [0.15, 0.2) is 5.76 Å². The molecule has 4 heterocycles. The van der Waals surface area contributed by atoms with E-state index in [2.05, 4.69) is 35.8 Å². The molecule has 2 aromatic rings.